The summed E-state index contributed by atoms with van der Waals surface area (Å²) in [7, 11) is 1.22. The number of rotatable bonds is 3. The van der Waals surface area contributed by atoms with Gasteiger partial charge < -0.3 is 4.90 Å². The number of carbonyl (C=O) groups is 1. The molecular formula is C14H15BrF3NO. The molecule has 0 N–H and O–H groups in total. The predicted octanol–water partition coefficient (Wildman–Crippen LogP) is 3.89. The van der Waals surface area contributed by atoms with E-state index in [0.29, 0.717) is 12.8 Å². The standard InChI is InChI=1S/C14H15BrF3NO/c1-19(9-14(16,17)18)12(20)13(7-2-8-13)10-3-5-11(15)6-4-10/h3-6H,2,7-9H2,1H3. The van der Waals surface area contributed by atoms with E-state index in [1.807, 2.05) is 24.3 Å². The van der Waals surface area contributed by atoms with E-state index in [2.05, 4.69) is 15.9 Å². The third kappa shape index (κ3) is 3.00. The van der Waals surface area contributed by atoms with E-state index < -0.39 is 24.0 Å². The van der Waals surface area contributed by atoms with E-state index in [-0.39, 0.29) is 0 Å². The molecule has 0 atom stereocenters. The highest BCUT2D eigenvalue weighted by molar-refractivity contribution is 9.10. The van der Waals surface area contributed by atoms with Gasteiger partial charge in [0.25, 0.3) is 0 Å². The van der Waals surface area contributed by atoms with Crippen LogP contribution < -0.4 is 0 Å². The van der Waals surface area contributed by atoms with Gasteiger partial charge in [0, 0.05) is 11.5 Å². The molecule has 1 amide bonds. The highest BCUT2D eigenvalue weighted by Gasteiger charge is 2.48. The minimum absolute atomic E-state index is 0.441. The van der Waals surface area contributed by atoms with Crippen LogP contribution in [0.4, 0.5) is 13.2 Å². The molecule has 20 heavy (non-hydrogen) atoms. The second-order valence-corrected chi connectivity index (χ2v) is 6.13. The minimum atomic E-state index is -4.37. The van der Waals surface area contributed by atoms with Gasteiger partial charge in [-0.1, -0.05) is 34.5 Å². The minimum Gasteiger partial charge on any atom is -0.336 e. The fourth-order valence-corrected chi connectivity index (χ4v) is 2.90. The third-order valence-electron chi connectivity index (χ3n) is 3.78. The van der Waals surface area contributed by atoms with Crippen molar-refractivity contribution in [3.63, 3.8) is 0 Å². The zero-order valence-corrected chi connectivity index (χ0v) is 12.6. The Bertz CT molecular complexity index is 494. The number of amides is 1. The Kier molecular flexibility index (Phi) is 4.14. The molecule has 0 heterocycles. The summed E-state index contributed by atoms with van der Waals surface area (Å²) in [4.78, 5) is 13.2. The van der Waals surface area contributed by atoms with Crippen molar-refractivity contribution in [2.45, 2.75) is 30.9 Å². The lowest BCUT2D eigenvalue weighted by atomic mass is 9.63. The van der Waals surface area contributed by atoms with Crippen molar-refractivity contribution in [3.8, 4) is 0 Å². The summed E-state index contributed by atoms with van der Waals surface area (Å²) in [6, 6.07) is 7.24. The second-order valence-electron chi connectivity index (χ2n) is 5.22. The van der Waals surface area contributed by atoms with Crippen molar-refractivity contribution in [2.24, 2.45) is 0 Å². The summed E-state index contributed by atoms with van der Waals surface area (Å²) < 4.78 is 38.2. The van der Waals surface area contributed by atoms with Gasteiger partial charge in [-0.05, 0) is 30.5 Å². The number of hydrogen-bond donors (Lipinski definition) is 0. The number of halogens is 4. The Labute approximate surface area is 124 Å². The Hall–Kier alpha value is -1.04. The largest absolute Gasteiger partial charge is 0.406 e. The molecule has 0 bridgehead atoms. The van der Waals surface area contributed by atoms with Gasteiger partial charge in [-0.3, -0.25) is 4.79 Å². The monoisotopic (exact) mass is 349 g/mol. The van der Waals surface area contributed by atoms with Crippen molar-refractivity contribution in [1.82, 2.24) is 4.90 Å². The topological polar surface area (TPSA) is 20.3 Å². The molecule has 0 unspecified atom stereocenters. The van der Waals surface area contributed by atoms with E-state index in [0.717, 1.165) is 21.4 Å². The first-order valence-electron chi connectivity index (χ1n) is 6.33. The average molecular weight is 350 g/mol. The molecule has 1 aliphatic carbocycles. The van der Waals surface area contributed by atoms with Crippen LogP contribution in [0.2, 0.25) is 0 Å². The summed E-state index contributed by atoms with van der Waals surface area (Å²) in [6.45, 7) is -1.20. The Morgan fingerprint density at radius 2 is 1.85 bits per heavy atom. The number of hydrogen-bond acceptors (Lipinski definition) is 1. The summed E-state index contributed by atoms with van der Waals surface area (Å²) >= 11 is 3.31. The Balaban J connectivity index is 2.23. The molecule has 2 nitrogen and oxygen atoms in total. The van der Waals surface area contributed by atoms with E-state index in [4.69, 9.17) is 0 Å². The van der Waals surface area contributed by atoms with Crippen LogP contribution in [0.15, 0.2) is 28.7 Å². The molecule has 6 heteroatoms. The lowest BCUT2D eigenvalue weighted by Crippen LogP contribution is -2.51. The smallest absolute Gasteiger partial charge is 0.336 e. The first-order valence-corrected chi connectivity index (χ1v) is 7.12. The second kappa shape index (κ2) is 5.39. The van der Waals surface area contributed by atoms with Crippen LogP contribution in [-0.4, -0.2) is 30.6 Å². The molecule has 1 aliphatic rings. The molecule has 1 aromatic rings. The van der Waals surface area contributed by atoms with E-state index in [1.54, 1.807) is 0 Å². The van der Waals surface area contributed by atoms with Gasteiger partial charge >= 0.3 is 6.18 Å². The van der Waals surface area contributed by atoms with Crippen LogP contribution in [-0.2, 0) is 10.2 Å². The predicted molar refractivity (Wildman–Crippen MR) is 73.4 cm³/mol. The van der Waals surface area contributed by atoms with Crippen LogP contribution in [0.3, 0.4) is 0 Å². The number of likely N-dealkylation sites (N-methyl/N-ethyl adjacent to an activating group) is 1. The average Bonchev–Trinajstić information content (AvgIpc) is 2.27. The zero-order valence-electron chi connectivity index (χ0n) is 11.0. The number of carbonyl (C=O) groups excluding carboxylic acids is 1. The SMILES string of the molecule is CN(CC(F)(F)F)C(=O)C1(c2ccc(Br)cc2)CCC1. The van der Waals surface area contributed by atoms with Gasteiger partial charge in [0.15, 0.2) is 0 Å². The van der Waals surface area contributed by atoms with Gasteiger partial charge in [0.1, 0.15) is 6.54 Å². The maximum Gasteiger partial charge on any atom is 0.406 e. The van der Waals surface area contributed by atoms with Crippen LogP contribution in [0.5, 0.6) is 0 Å². The third-order valence-corrected chi connectivity index (χ3v) is 4.31. The molecule has 1 aromatic carbocycles. The maximum atomic E-state index is 12.4. The lowest BCUT2D eigenvalue weighted by Gasteiger charge is -2.43. The quantitative estimate of drug-likeness (QED) is 0.810. The van der Waals surface area contributed by atoms with Crippen LogP contribution in [0.1, 0.15) is 24.8 Å². The molecule has 0 aromatic heterocycles. The molecule has 0 radical (unpaired) electrons. The Morgan fingerprint density at radius 1 is 1.30 bits per heavy atom. The van der Waals surface area contributed by atoms with Crippen LogP contribution >= 0.6 is 15.9 Å². The molecule has 1 saturated carbocycles. The zero-order chi connectivity index (χ0) is 15.0. The number of alkyl halides is 3. The van der Waals surface area contributed by atoms with Crippen molar-refractivity contribution in [1.29, 1.82) is 0 Å². The van der Waals surface area contributed by atoms with Crippen LogP contribution in [0.25, 0.3) is 0 Å². The maximum absolute atomic E-state index is 12.4. The molecule has 2 rings (SSSR count). The van der Waals surface area contributed by atoms with Gasteiger partial charge in [-0.25, -0.2) is 0 Å². The van der Waals surface area contributed by atoms with Crippen molar-refractivity contribution in [3.05, 3.63) is 34.3 Å². The molecule has 0 spiro atoms. The fourth-order valence-electron chi connectivity index (χ4n) is 2.63. The Morgan fingerprint density at radius 3 is 2.25 bits per heavy atom. The van der Waals surface area contributed by atoms with E-state index in [9.17, 15) is 18.0 Å². The fraction of sp³-hybridized carbons (Fsp3) is 0.500. The van der Waals surface area contributed by atoms with Gasteiger partial charge in [0.05, 0.1) is 5.41 Å². The van der Waals surface area contributed by atoms with Crippen molar-refractivity contribution in [2.75, 3.05) is 13.6 Å². The normalized spacial score (nSPS) is 17.4. The van der Waals surface area contributed by atoms with Crippen LogP contribution in [0, 0.1) is 0 Å². The van der Waals surface area contributed by atoms with Gasteiger partial charge in [0.2, 0.25) is 5.91 Å². The molecule has 1 fully saturated rings. The number of benzene rings is 1. The first-order chi connectivity index (χ1) is 9.24. The molecule has 110 valence electrons. The highest BCUT2D eigenvalue weighted by atomic mass is 79.9. The van der Waals surface area contributed by atoms with E-state index >= 15 is 0 Å². The van der Waals surface area contributed by atoms with Crippen molar-refractivity contribution >= 4 is 21.8 Å². The highest BCUT2D eigenvalue weighted by Crippen LogP contribution is 2.45. The summed E-state index contributed by atoms with van der Waals surface area (Å²) in [5.41, 5.74) is 0.0201. The summed E-state index contributed by atoms with van der Waals surface area (Å²) in [5.74, 6) is -0.441. The van der Waals surface area contributed by atoms with Gasteiger partial charge in [-0.2, -0.15) is 13.2 Å². The number of nitrogens with zero attached hydrogens (tertiary/aromatic N) is 1. The molecule has 0 saturated heterocycles. The molecule has 0 aliphatic heterocycles. The summed E-state index contributed by atoms with van der Waals surface area (Å²) in [5, 5.41) is 0. The first kappa shape index (κ1) is 15.4. The van der Waals surface area contributed by atoms with Gasteiger partial charge in [-0.15, -0.1) is 0 Å². The van der Waals surface area contributed by atoms with E-state index in [1.165, 1.54) is 7.05 Å². The van der Waals surface area contributed by atoms with Crippen molar-refractivity contribution < 1.29 is 18.0 Å². The lowest BCUT2D eigenvalue weighted by molar-refractivity contribution is -0.164. The molecular weight excluding hydrogens is 335 g/mol. The summed E-state index contributed by atoms with van der Waals surface area (Å²) in [6.07, 6.45) is -2.29.